The Balaban J connectivity index is 1.46. The molecule has 14 N–H and O–H groups in total. The SMILES string of the molecule is CC(C)[C@H](NC(=O)[C@@H]1CSSC(C)(C)[C@H](NC(=O)[C@@H](N)Cc2ccc([N+](=O)[O-])cc2)C(=O)N[C@@H](Cc2ccccc2)C(=O)N[C@H](Cc2c[nH]c3ccccc23)C(=O)N[C@@H](CCCN)C(=O)N[C@@H](Cc2ccc(O)cc2)C(=O)N1)C(=O)O. The summed E-state index contributed by atoms with van der Waals surface area (Å²) in [5.41, 5.74) is 15.1. The van der Waals surface area contributed by atoms with Crippen molar-refractivity contribution in [2.45, 2.75) is 119 Å². The van der Waals surface area contributed by atoms with Crippen LogP contribution >= 0.6 is 21.6 Å². The van der Waals surface area contributed by atoms with Gasteiger partial charge in [-0.15, -0.1) is 0 Å². The molecule has 4 aromatic carbocycles. The molecule has 0 saturated carbocycles. The Bertz CT molecular complexity index is 3040. The maximum Gasteiger partial charge on any atom is 0.326 e. The summed E-state index contributed by atoms with van der Waals surface area (Å²) in [6.45, 7) is 6.47. The number of carboxylic acid groups (broad SMARTS) is 1. The number of carboxylic acids is 1. The summed E-state index contributed by atoms with van der Waals surface area (Å²) in [7, 11) is 1.99. The molecule has 1 aliphatic heterocycles. The molecule has 23 nitrogen and oxygen atoms in total. The number of para-hydroxylation sites is 1. The fourth-order valence-corrected chi connectivity index (χ4v) is 11.8. The first kappa shape index (κ1) is 62.2. The maximum absolute atomic E-state index is 15.1. The maximum atomic E-state index is 15.1. The third kappa shape index (κ3) is 17.7. The molecule has 0 aliphatic carbocycles. The van der Waals surface area contributed by atoms with Gasteiger partial charge in [0.25, 0.3) is 5.69 Å². The molecule has 1 aliphatic rings. The largest absolute Gasteiger partial charge is 0.508 e. The first-order chi connectivity index (χ1) is 38.5. The van der Waals surface area contributed by atoms with Crippen LogP contribution in [0.2, 0.25) is 0 Å². The fourth-order valence-electron chi connectivity index (χ4n) is 8.96. The van der Waals surface area contributed by atoms with Crippen LogP contribution in [0.15, 0.2) is 109 Å². The first-order valence-corrected chi connectivity index (χ1v) is 28.6. The van der Waals surface area contributed by atoms with Gasteiger partial charge in [-0.1, -0.05) is 108 Å². The van der Waals surface area contributed by atoms with Crippen LogP contribution < -0.4 is 48.7 Å². The van der Waals surface area contributed by atoms with E-state index in [1.54, 1.807) is 70.3 Å². The molecule has 0 spiro atoms. The quantitative estimate of drug-likeness (QED) is 0.0341. The molecule has 1 fully saturated rings. The smallest absolute Gasteiger partial charge is 0.326 e. The number of carbonyl (C=O) groups is 8. The van der Waals surface area contributed by atoms with Crippen LogP contribution in [-0.2, 0) is 64.0 Å². The molecule has 6 rings (SSSR count). The Morgan fingerprint density at radius 3 is 1.89 bits per heavy atom. The van der Waals surface area contributed by atoms with Gasteiger partial charge >= 0.3 is 5.97 Å². The number of rotatable bonds is 18. The number of hydrogen-bond donors (Lipinski definition) is 12. The van der Waals surface area contributed by atoms with Gasteiger partial charge in [0.15, 0.2) is 0 Å². The normalized spacial score (nSPS) is 21.2. The van der Waals surface area contributed by atoms with Gasteiger partial charge in [-0.3, -0.25) is 43.7 Å². The Morgan fingerprint density at radius 1 is 0.741 bits per heavy atom. The van der Waals surface area contributed by atoms with E-state index in [1.165, 1.54) is 48.5 Å². The van der Waals surface area contributed by atoms with Crippen LogP contribution in [0, 0.1) is 16.0 Å². The van der Waals surface area contributed by atoms with Crippen molar-refractivity contribution in [1.29, 1.82) is 0 Å². The third-order valence-corrected chi connectivity index (χ3v) is 16.8. The van der Waals surface area contributed by atoms with E-state index in [-0.39, 0.29) is 62.3 Å². The molecule has 81 heavy (non-hydrogen) atoms. The number of hydrogen-bond acceptors (Lipinski definition) is 15. The highest BCUT2D eigenvalue weighted by molar-refractivity contribution is 8.77. The molecule has 1 saturated heterocycles. The number of benzene rings is 4. The Labute approximate surface area is 475 Å². The summed E-state index contributed by atoms with van der Waals surface area (Å²) >= 11 is 0. The molecule has 8 atom stereocenters. The Kier molecular flexibility index (Phi) is 22.2. The lowest BCUT2D eigenvalue weighted by molar-refractivity contribution is -0.384. The van der Waals surface area contributed by atoms with E-state index >= 15 is 9.59 Å². The molecule has 2 heterocycles. The third-order valence-electron chi connectivity index (χ3n) is 13.5. The van der Waals surface area contributed by atoms with Gasteiger partial charge in [-0.2, -0.15) is 0 Å². The Morgan fingerprint density at radius 2 is 1.28 bits per heavy atom. The summed E-state index contributed by atoms with van der Waals surface area (Å²) in [4.78, 5) is 129. The van der Waals surface area contributed by atoms with Crippen LogP contribution in [0.25, 0.3) is 10.9 Å². The number of carbonyl (C=O) groups excluding carboxylic acids is 7. The average Bonchev–Trinajstić information content (AvgIpc) is 3.87. The monoisotopic (exact) mass is 1150 g/mol. The lowest BCUT2D eigenvalue weighted by atomic mass is 9.98. The van der Waals surface area contributed by atoms with E-state index in [0.717, 1.165) is 32.5 Å². The number of nitro benzene ring substituents is 1. The minimum atomic E-state index is -1.53. The van der Waals surface area contributed by atoms with E-state index in [1.807, 2.05) is 18.2 Å². The fraction of sp³-hybridized carbons (Fsp3) is 0.393. The number of phenols is 1. The van der Waals surface area contributed by atoms with E-state index < -0.39 is 111 Å². The number of fused-ring (bicyclic) bond motifs is 1. The molecule has 25 heteroatoms. The van der Waals surface area contributed by atoms with Gasteiger partial charge in [0.1, 0.15) is 48.0 Å². The zero-order chi connectivity index (χ0) is 59.0. The molecule has 1 aromatic heterocycles. The number of H-pyrrole nitrogens is 1. The van der Waals surface area contributed by atoms with Gasteiger partial charge in [0.2, 0.25) is 41.4 Å². The minimum Gasteiger partial charge on any atom is -0.508 e. The number of aromatic hydroxyl groups is 1. The number of aliphatic carboxylic acids is 1. The van der Waals surface area contributed by atoms with Crippen molar-refractivity contribution in [3.63, 3.8) is 0 Å². The number of nitro groups is 1. The number of nitrogens with two attached hydrogens (primary N) is 2. The number of non-ortho nitro benzene ring substituents is 1. The summed E-state index contributed by atoms with van der Waals surface area (Å²) in [6, 6.07) is 15.8. The van der Waals surface area contributed by atoms with E-state index in [9.17, 15) is 49.1 Å². The van der Waals surface area contributed by atoms with Gasteiger partial charge in [-0.25, -0.2) is 4.79 Å². The number of aromatic nitrogens is 1. The second-order valence-electron chi connectivity index (χ2n) is 20.6. The zero-order valence-electron chi connectivity index (χ0n) is 45.1. The van der Waals surface area contributed by atoms with Crippen molar-refractivity contribution >= 4 is 85.5 Å². The summed E-state index contributed by atoms with van der Waals surface area (Å²) in [5, 5.41) is 51.4. The van der Waals surface area contributed by atoms with Crippen molar-refractivity contribution in [2.75, 3.05) is 12.3 Å². The topological polar surface area (TPSA) is 372 Å². The van der Waals surface area contributed by atoms with Crippen molar-refractivity contribution in [3.05, 3.63) is 142 Å². The van der Waals surface area contributed by atoms with E-state index in [0.29, 0.717) is 22.3 Å². The number of nitrogens with one attached hydrogen (secondary N) is 8. The van der Waals surface area contributed by atoms with Gasteiger partial charge in [0, 0.05) is 59.0 Å². The van der Waals surface area contributed by atoms with Gasteiger partial charge in [-0.05, 0) is 86.0 Å². The minimum absolute atomic E-state index is 0.0346. The molecular weight excluding hydrogens is 1080 g/mol. The highest BCUT2D eigenvalue weighted by Crippen LogP contribution is 2.39. The average molecular weight is 1150 g/mol. The number of phenolic OH excluding ortho intramolecular Hbond substituents is 1. The second kappa shape index (κ2) is 28.9. The van der Waals surface area contributed by atoms with Gasteiger partial charge in [0.05, 0.1) is 11.0 Å². The zero-order valence-corrected chi connectivity index (χ0v) is 46.8. The predicted octanol–water partition coefficient (Wildman–Crippen LogP) is 2.43. The molecule has 432 valence electrons. The molecule has 7 amide bonds. The van der Waals surface area contributed by atoms with Crippen LogP contribution in [0.1, 0.15) is 62.8 Å². The molecule has 0 bridgehead atoms. The van der Waals surface area contributed by atoms with Crippen LogP contribution in [0.4, 0.5) is 5.69 Å². The number of nitrogens with zero attached hydrogens (tertiary/aromatic N) is 1. The Hall–Kier alpha value is -8.00. The second-order valence-corrected chi connectivity index (χ2v) is 23.6. The van der Waals surface area contributed by atoms with Gasteiger partial charge < -0.3 is 63.9 Å². The lowest BCUT2D eigenvalue weighted by Crippen LogP contribution is -2.63. The number of amides is 7. The first-order valence-electron chi connectivity index (χ1n) is 26.2. The van der Waals surface area contributed by atoms with Crippen LogP contribution in [0.5, 0.6) is 5.75 Å². The molecule has 0 unspecified atom stereocenters. The van der Waals surface area contributed by atoms with Crippen molar-refractivity contribution in [1.82, 2.24) is 42.2 Å². The highest BCUT2D eigenvalue weighted by Gasteiger charge is 2.42. The summed E-state index contributed by atoms with van der Waals surface area (Å²) in [5.74, 6) is -8.26. The van der Waals surface area contributed by atoms with Crippen LogP contribution in [-0.4, -0.2) is 133 Å². The van der Waals surface area contributed by atoms with Crippen molar-refractivity contribution in [2.24, 2.45) is 17.4 Å². The van der Waals surface area contributed by atoms with Crippen molar-refractivity contribution in [3.8, 4) is 5.75 Å². The molecular formula is C56H69N11O12S2. The summed E-state index contributed by atoms with van der Waals surface area (Å²) < 4.78 is -1.38. The van der Waals surface area contributed by atoms with E-state index in [2.05, 4.69) is 42.2 Å². The van der Waals surface area contributed by atoms with Crippen LogP contribution in [0.3, 0.4) is 0 Å². The highest BCUT2D eigenvalue weighted by atomic mass is 33.1. The lowest BCUT2D eigenvalue weighted by Gasteiger charge is -2.35. The number of aromatic amines is 1. The standard InChI is InChI=1S/C56H69N11O12S2/c1-31(2)46(55(76)77)65-53(74)45-30-80-81-56(3,4)47(66-48(69)39(58)25-33-16-20-36(21-17-33)67(78)79)54(75)63-43(26-32-11-6-5-7-12-32)50(71)62-44(28-35-29-59-40-14-9-8-13-38(35)40)52(73)60-41(15-10-24-57)49(70)61-42(51(72)64-45)27-34-18-22-37(68)23-19-34/h5-9,11-14,16-23,29,31,39,41-47,59,68H,10,15,24-28,30,57-58H2,1-4H3,(H,60,73)(H,61,70)(H,62,71)(H,63,75)(H,64,72)(H,65,74)(H,66,69)(H,76,77)/t39-,41-,42-,43-,44+,45-,46-,47+/m0/s1. The predicted molar refractivity (Wildman–Crippen MR) is 307 cm³/mol. The molecule has 5 aromatic rings. The van der Waals surface area contributed by atoms with Crippen molar-refractivity contribution < 1.29 is 53.5 Å². The summed E-state index contributed by atoms with van der Waals surface area (Å²) in [6.07, 6.45) is 1.32. The molecule has 0 radical (unpaired) electrons. The van der Waals surface area contributed by atoms with E-state index in [4.69, 9.17) is 11.5 Å².